The number of nitrogens with one attached hydrogen (secondary N) is 1. The van der Waals surface area contributed by atoms with E-state index in [1.807, 2.05) is 108 Å². The van der Waals surface area contributed by atoms with Crippen LogP contribution in [0.1, 0.15) is 42.3 Å². The molecule has 0 saturated carbocycles. The summed E-state index contributed by atoms with van der Waals surface area (Å²) in [5, 5.41) is 29.1. The van der Waals surface area contributed by atoms with E-state index in [1.165, 1.54) is 4.57 Å². The lowest BCUT2D eigenvalue weighted by Gasteiger charge is -2.36. The molecule has 8 heteroatoms. The fourth-order valence-corrected chi connectivity index (χ4v) is 6.41. The molecule has 0 spiro atoms. The van der Waals surface area contributed by atoms with E-state index in [0.717, 1.165) is 29.5 Å². The lowest BCUT2D eigenvalue weighted by molar-refractivity contribution is 0.385. The number of aryl methyl sites for hydroxylation is 1. The van der Waals surface area contributed by atoms with Crippen LogP contribution < -0.4 is 5.56 Å². The zero-order chi connectivity index (χ0) is 31.1. The van der Waals surface area contributed by atoms with Crippen LogP contribution in [0.15, 0.2) is 114 Å². The van der Waals surface area contributed by atoms with Gasteiger partial charge in [0.1, 0.15) is 22.6 Å². The Hall–Kier alpha value is -5.63. The summed E-state index contributed by atoms with van der Waals surface area (Å²) < 4.78 is 3.17. The number of hydrogen-bond acceptors (Lipinski definition) is 5. The molecule has 0 atom stereocenters. The summed E-state index contributed by atoms with van der Waals surface area (Å²) in [4.78, 5) is 20.9. The van der Waals surface area contributed by atoms with E-state index in [4.69, 9.17) is 10.1 Å². The van der Waals surface area contributed by atoms with Gasteiger partial charge >= 0.3 is 0 Å². The van der Waals surface area contributed by atoms with Crippen LogP contribution in [0, 0.1) is 0 Å². The van der Waals surface area contributed by atoms with Crippen molar-refractivity contribution in [3.05, 3.63) is 142 Å². The van der Waals surface area contributed by atoms with E-state index >= 15 is 0 Å². The van der Waals surface area contributed by atoms with Gasteiger partial charge in [-0.3, -0.25) is 9.36 Å². The number of aromatic hydroxyl groups is 2. The molecule has 0 bridgehead atoms. The summed E-state index contributed by atoms with van der Waals surface area (Å²) in [6.07, 6.45) is 2.64. The molecule has 0 fully saturated rings. The Morgan fingerprint density at radius 1 is 0.800 bits per heavy atom. The average Bonchev–Trinajstić information content (AvgIpc) is 3.58. The highest BCUT2D eigenvalue weighted by molar-refractivity contribution is 6.02. The molecule has 0 unspecified atom stereocenters. The van der Waals surface area contributed by atoms with Crippen molar-refractivity contribution in [2.24, 2.45) is 7.05 Å². The Bertz CT molecular complexity index is 2100. The lowest BCUT2D eigenvalue weighted by atomic mass is 9.77. The topological polar surface area (TPSA) is 109 Å². The summed E-state index contributed by atoms with van der Waals surface area (Å²) in [6.45, 7) is 2.10. The van der Waals surface area contributed by atoms with Crippen molar-refractivity contribution in [2.75, 3.05) is 0 Å². The number of fused-ring (bicyclic) bond motifs is 2. The molecule has 3 N–H and O–H groups in total. The van der Waals surface area contributed by atoms with E-state index < -0.39 is 5.54 Å². The minimum atomic E-state index is -1.05. The van der Waals surface area contributed by atoms with Gasteiger partial charge in [-0.2, -0.15) is 5.10 Å². The number of unbranched alkanes of at least 4 members (excludes halogenated alkanes) is 1. The van der Waals surface area contributed by atoms with Gasteiger partial charge in [0.2, 0.25) is 11.8 Å². The van der Waals surface area contributed by atoms with Gasteiger partial charge in [-0.1, -0.05) is 110 Å². The van der Waals surface area contributed by atoms with Gasteiger partial charge in [0.05, 0.1) is 16.3 Å². The second-order valence-corrected chi connectivity index (χ2v) is 11.3. The quantitative estimate of drug-likeness (QED) is 0.166. The van der Waals surface area contributed by atoms with Crippen molar-refractivity contribution < 1.29 is 10.2 Å². The van der Waals surface area contributed by atoms with Crippen LogP contribution in [0.4, 0.5) is 0 Å². The Balaban J connectivity index is 1.58. The first kappa shape index (κ1) is 28.2. The third-order valence-corrected chi connectivity index (χ3v) is 8.64. The van der Waals surface area contributed by atoms with Crippen LogP contribution in [-0.4, -0.2) is 34.5 Å². The molecule has 3 aromatic heterocycles. The molecule has 7 rings (SSSR count). The van der Waals surface area contributed by atoms with Crippen molar-refractivity contribution in [3.63, 3.8) is 0 Å². The van der Waals surface area contributed by atoms with Gasteiger partial charge in [-0.25, -0.2) is 9.67 Å². The zero-order valence-electron chi connectivity index (χ0n) is 25.1. The molecule has 7 aromatic rings. The largest absolute Gasteiger partial charge is 0.494 e. The predicted octanol–water partition coefficient (Wildman–Crippen LogP) is 6.87. The summed E-state index contributed by atoms with van der Waals surface area (Å²) >= 11 is 0. The van der Waals surface area contributed by atoms with Crippen LogP contribution in [0.5, 0.6) is 11.8 Å². The smallest absolute Gasteiger partial charge is 0.258 e. The fourth-order valence-electron chi connectivity index (χ4n) is 6.41. The molecule has 8 nitrogen and oxygen atoms in total. The Labute approximate surface area is 259 Å². The highest BCUT2D eigenvalue weighted by Gasteiger charge is 2.43. The molecule has 4 aromatic carbocycles. The summed E-state index contributed by atoms with van der Waals surface area (Å²) in [5.41, 5.74) is 3.48. The number of benzene rings is 4. The van der Waals surface area contributed by atoms with Crippen molar-refractivity contribution >= 4 is 21.8 Å². The average molecular weight is 596 g/mol. The minimum Gasteiger partial charge on any atom is -0.494 e. The van der Waals surface area contributed by atoms with E-state index in [-0.39, 0.29) is 17.3 Å². The highest BCUT2D eigenvalue weighted by atomic mass is 16.3. The maximum absolute atomic E-state index is 13.2. The Kier molecular flexibility index (Phi) is 6.97. The second kappa shape index (κ2) is 11.1. The molecule has 0 saturated heterocycles. The molecule has 0 amide bonds. The first-order chi connectivity index (χ1) is 21.9. The van der Waals surface area contributed by atoms with Gasteiger partial charge in [0, 0.05) is 19.0 Å². The number of aromatic amines is 1. The number of nitrogens with zero attached hydrogens (tertiary/aromatic N) is 4. The minimum absolute atomic E-state index is 0.130. The number of H-pyrrole nitrogens is 1. The Morgan fingerprint density at radius 3 is 1.93 bits per heavy atom. The highest BCUT2D eigenvalue weighted by Crippen LogP contribution is 2.48. The van der Waals surface area contributed by atoms with Crippen molar-refractivity contribution in [1.29, 1.82) is 0 Å². The SMILES string of the molecule is CCCCc1nc2ccc(-c3nn(C(c4ccccc4)(c4ccccc4)c4ccccc4)c4c(O)n(C)c(O)c34)cc2c(=O)[nH]1. The van der Waals surface area contributed by atoms with Crippen LogP contribution >= 0.6 is 0 Å². The lowest BCUT2D eigenvalue weighted by Crippen LogP contribution is -2.38. The normalized spacial score (nSPS) is 11.9. The molecule has 0 aliphatic carbocycles. The zero-order valence-corrected chi connectivity index (χ0v) is 25.1. The number of hydrogen-bond donors (Lipinski definition) is 3. The molecule has 0 aliphatic heterocycles. The van der Waals surface area contributed by atoms with E-state index in [9.17, 15) is 15.0 Å². The van der Waals surface area contributed by atoms with Crippen LogP contribution in [0.25, 0.3) is 33.1 Å². The molecule has 3 heterocycles. The third-order valence-electron chi connectivity index (χ3n) is 8.64. The monoisotopic (exact) mass is 595 g/mol. The number of rotatable bonds is 8. The standard InChI is InChI=1S/C37H33N5O3/c1-3-4-20-30-38-29-22-21-24(23-28(29)34(43)39-30)32-31-33(36(45)41(2)35(31)44)42(40-32)37(25-14-8-5-9-15-25,26-16-10-6-11-17-26)27-18-12-7-13-19-27/h5-19,21-23,44-45H,3-4,20H2,1-2H3,(H,38,39,43). The molecule has 224 valence electrons. The van der Waals surface area contributed by atoms with Gasteiger partial charge in [0.25, 0.3) is 5.56 Å². The summed E-state index contributed by atoms with van der Waals surface area (Å²) in [7, 11) is 1.61. The molecular weight excluding hydrogens is 562 g/mol. The first-order valence-corrected chi connectivity index (χ1v) is 15.1. The van der Waals surface area contributed by atoms with Crippen molar-refractivity contribution in [3.8, 4) is 23.0 Å². The summed E-state index contributed by atoms with van der Waals surface area (Å²) in [5.74, 6) is 0.404. The van der Waals surface area contributed by atoms with Gasteiger partial charge in [-0.15, -0.1) is 0 Å². The Morgan fingerprint density at radius 2 is 1.38 bits per heavy atom. The van der Waals surface area contributed by atoms with Crippen molar-refractivity contribution in [2.45, 2.75) is 31.7 Å². The maximum Gasteiger partial charge on any atom is 0.258 e. The van der Waals surface area contributed by atoms with E-state index in [2.05, 4.69) is 11.9 Å². The van der Waals surface area contributed by atoms with E-state index in [0.29, 0.717) is 45.3 Å². The van der Waals surface area contributed by atoms with Gasteiger partial charge < -0.3 is 15.2 Å². The van der Waals surface area contributed by atoms with E-state index in [1.54, 1.807) is 13.1 Å². The van der Waals surface area contributed by atoms with Crippen LogP contribution in [0.3, 0.4) is 0 Å². The van der Waals surface area contributed by atoms with Crippen LogP contribution in [-0.2, 0) is 19.0 Å². The summed E-state index contributed by atoms with van der Waals surface area (Å²) in [6, 6.07) is 35.5. The third kappa shape index (κ3) is 4.40. The van der Waals surface area contributed by atoms with Crippen molar-refractivity contribution in [1.82, 2.24) is 24.3 Å². The molecular formula is C37H33N5O3. The fraction of sp³-hybridized carbons (Fsp3) is 0.162. The molecule has 0 aliphatic rings. The van der Waals surface area contributed by atoms with Gasteiger partial charge in [-0.05, 0) is 35.2 Å². The molecule has 0 radical (unpaired) electrons. The second-order valence-electron chi connectivity index (χ2n) is 11.3. The van der Waals surface area contributed by atoms with Crippen LogP contribution in [0.2, 0.25) is 0 Å². The molecule has 45 heavy (non-hydrogen) atoms. The first-order valence-electron chi connectivity index (χ1n) is 15.1. The predicted molar refractivity (Wildman–Crippen MR) is 177 cm³/mol. The number of aromatic nitrogens is 5. The van der Waals surface area contributed by atoms with Gasteiger partial charge in [0.15, 0.2) is 0 Å². The maximum atomic E-state index is 13.2.